The van der Waals surface area contributed by atoms with Crippen LogP contribution < -0.4 is 4.74 Å². The first-order chi connectivity index (χ1) is 15.5. The molecule has 3 aromatic rings. The van der Waals surface area contributed by atoms with Crippen LogP contribution in [0.2, 0.25) is 0 Å². The van der Waals surface area contributed by atoms with Crippen LogP contribution >= 0.6 is 23.5 Å². The number of hydrogen-bond acceptors (Lipinski definition) is 5. The highest BCUT2D eigenvalue weighted by atomic mass is 32.2. The summed E-state index contributed by atoms with van der Waals surface area (Å²) in [5.74, 6) is 0.692. The predicted molar refractivity (Wildman–Crippen MR) is 136 cm³/mol. The maximum Gasteiger partial charge on any atom is 0.218 e. The van der Waals surface area contributed by atoms with E-state index in [1.54, 1.807) is 12.3 Å². The predicted octanol–water partition coefficient (Wildman–Crippen LogP) is 7.51. The summed E-state index contributed by atoms with van der Waals surface area (Å²) in [6.45, 7) is 8.78. The molecular weight excluding hydrogens is 436 g/mol. The summed E-state index contributed by atoms with van der Waals surface area (Å²) in [7, 11) is 0. The van der Waals surface area contributed by atoms with Crippen molar-refractivity contribution >= 4 is 33.8 Å². The van der Waals surface area contributed by atoms with Gasteiger partial charge in [-0.25, -0.2) is 0 Å². The molecular formula is C27H22O3S2. The molecule has 0 unspecified atom stereocenters. The monoisotopic (exact) mass is 458 g/mol. The Morgan fingerprint density at radius 3 is 1.75 bits per heavy atom. The molecule has 5 heteroatoms. The van der Waals surface area contributed by atoms with Gasteiger partial charge in [0, 0.05) is 10.3 Å². The van der Waals surface area contributed by atoms with Gasteiger partial charge in [-0.2, -0.15) is 0 Å². The quantitative estimate of drug-likeness (QED) is 0.198. The van der Waals surface area contributed by atoms with Crippen molar-refractivity contribution in [1.82, 2.24) is 0 Å². The van der Waals surface area contributed by atoms with Gasteiger partial charge in [0.2, 0.25) is 10.2 Å². The molecule has 0 fully saturated rings. The molecule has 0 spiro atoms. The average molecular weight is 459 g/mol. The van der Waals surface area contributed by atoms with E-state index in [-0.39, 0.29) is 10.2 Å². The Bertz CT molecular complexity index is 1140. The fourth-order valence-corrected chi connectivity index (χ4v) is 3.77. The van der Waals surface area contributed by atoms with E-state index in [9.17, 15) is 9.59 Å². The maximum atomic E-state index is 11.5. The molecule has 0 aliphatic heterocycles. The summed E-state index contributed by atoms with van der Waals surface area (Å²) in [5, 5.41) is 1.46. The SMILES string of the molecule is C=CC(=O)Sc1ccc(-c2ccc(-c3ccc(OC=CSC(=O)C(=C)C)cc3)cc2)cc1. The second kappa shape index (κ2) is 11.4. The van der Waals surface area contributed by atoms with Gasteiger partial charge in [-0.3, -0.25) is 9.59 Å². The van der Waals surface area contributed by atoms with Crippen LogP contribution in [0.4, 0.5) is 0 Å². The molecule has 0 radical (unpaired) electrons. The largest absolute Gasteiger partial charge is 0.464 e. The number of rotatable bonds is 8. The minimum Gasteiger partial charge on any atom is -0.464 e. The van der Waals surface area contributed by atoms with Crippen molar-refractivity contribution in [2.45, 2.75) is 11.8 Å². The lowest BCUT2D eigenvalue weighted by Crippen LogP contribution is -1.88. The summed E-state index contributed by atoms with van der Waals surface area (Å²) >= 11 is 2.21. The molecule has 0 saturated heterocycles. The lowest BCUT2D eigenvalue weighted by Gasteiger charge is -2.07. The second-order valence-electron chi connectivity index (χ2n) is 6.83. The first-order valence-corrected chi connectivity index (χ1v) is 11.5. The smallest absolute Gasteiger partial charge is 0.218 e. The van der Waals surface area contributed by atoms with Gasteiger partial charge < -0.3 is 4.74 Å². The molecule has 0 heterocycles. The van der Waals surface area contributed by atoms with Gasteiger partial charge in [-0.1, -0.05) is 73.5 Å². The second-order valence-corrected chi connectivity index (χ2v) is 8.78. The van der Waals surface area contributed by atoms with Crippen LogP contribution in [0.5, 0.6) is 5.75 Å². The lowest BCUT2D eigenvalue weighted by molar-refractivity contribution is -0.108. The van der Waals surface area contributed by atoms with E-state index in [1.165, 1.54) is 24.1 Å². The van der Waals surface area contributed by atoms with Gasteiger partial charge in [-0.15, -0.1) is 0 Å². The van der Waals surface area contributed by atoms with Crippen LogP contribution in [-0.2, 0) is 9.59 Å². The zero-order valence-electron chi connectivity index (χ0n) is 17.6. The van der Waals surface area contributed by atoms with E-state index < -0.39 is 0 Å². The summed E-state index contributed by atoms with van der Waals surface area (Å²) in [4.78, 5) is 23.8. The number of carbonyl (C=O) groups is 2. The molecule has 0 amide bonds. The van der Waals surface area contributed by atoms with Crippen molar-refractivity contribution in [3.8, 4) is 28.0 Å². The van der Waals surface area contributed by atoms with Gasteiger partial charge in [0.1, 0.15) is 5.75 Å². The molecule has 0 bridgehead atoms. The van der Waals surface area contributed by atoms with E-state index in [0.717, 1.165) is 38.9 Å². The molecule has 0 atom stereocenters. The van der Waals surface area contributed by atoms with Crippen LogP contribution in [-0.4, -0.2) is 10.2 Å². The van der Waals surface area contributed by atoms with Crippen LogP contribution in [0.15, 0.2) is 114 Å². The number of hydrogen-bond donors (Lipinski definition) is 0. The molecule has 32 heavy (non-hydrogen) atoms. The summed E-state index contributed by atoms with van der Waals surface area (Å²) < 4.78 is 5.53. The Hall–Kier alpha value is -3.28. The van der Waals surface area contributed by atoms with Crippen LogP contribution in [0.3, 0.4) is 0 Å². The van der Waals surface area contributed by atoms with E-state index in [2.05, 4.69) is 37.4 Å². The highest BCUT2D eigenvalue weighted by molar-refractivity contribution is 8.16. The topological polar surface area (TPSA) is 43.4 Å². The van der Waals surface area contributed by atoms with Crippen molar-refractivity contribution in [1.29, 1.82) is 0 Å². The van der Waals surface area contributed by atoms with Crippen LogP contribution in [0.1, 0.15) is 6.92 Å². The molecule has 0 saturated carbocycles. The van der Waals surface area contributed by atoms with Crippen molar-refractivity contribution < 1.29 is 14.3 Å². The van der Waals surface area contributed by atoms with E-state index in [0.29, 0.717) is 11.3 Å². The fourth-order valence-electron chi connectivity index (χ4n) is 2.75. The molecule has 0 N–H and O–H groups in total. The van der Waals surface area contributed by atoms with E-state index in [1.807, 2.05) is 48.5 Å². The first-order valence-electron chi connectivity index (χ1n) is 9.79. The number of thioether (sulfide) groups is 2. The highest BCUT2D eigenvalue weighted by Gasteiger charge is 2.04. The summed E-state index contributed by atoms with van der Waals surface area (Å²) in [6.07, 6.45) is 2.81. The molecule has 0 aliphatic carbocycles. The fraction of sp³-hybridized carbons (Fsp3) is 0.0370. The number of carbonyl (C=O) groups excluding carboxylic acids is 2. The molecule has 3 rings (SSSR count). The van der Waals surface area contributed by atoms with Gasteiger partial charge in [0.15, 0.2) is 0 Å². The standard InChI is InChI=1S/C27H22O3S2/c1-4-26(28)32-25-15-11-23(12-16-25)21-7-5-20(6-8-21)22-9-13-24(14-10-22)30-17-18-31-27(29)19(2)3/h4-18H,1-2H2,3H3. The first kappa shape index (κ1) is 23.4. The zero-order valence-corrected chi connectivity index (χ0v) is 19.2. The molecule has 3 nitrogen and oxygen atoms in total. The van der Waals surface area contributed by atoms with Crippen molar-refractivity contribution in [3.63, 3.8) is 0 Å². The Labute approximate surface area is 196 Å². The molecule has 0 aromatic heterocycles. The van der Waals surface area contributed by atoms with Gasteiger partial charge in [0.05, 0.1) is 6.26 Å². The Kier molecular flexibility index (Phi) is 8.31. The van der Waals surface area contributed by atoms with Gasteiger partial charge in [-0.05, 0) is 76.9 Å². The maximum absolute atomic E-state index is 11.5. The third-order valence-electron chi connectivity index (χ3n) is 4.43. The third kappa shape index (κ3) is 6.61. The molecule has 0 aliphatic rings. The molecule has 160 valence electrons. The van der Waals surface area contributed by atoms with Crippen LogP contribution in [0, 0.1) is 0 Å². The Balaban J connectivity index is 1.61. The molecule has 3 aromatic carbocycles. The minimum atomic E-state index is -0.0822. The normalized spacial score (nSPS) is 10.7. The van der Waals surface area contributed by atoms with Gasteiger partial charge >= 0.3 is 0 Å². The van der Waals surface area contributed by atoms with Crippen molar-refractivity contribution in [2.75, 3.05) is 0 Å². The van der Waals surface area contributed by atoms with Crippen molar-refractivity contribution in [3.05, 3.63) is 109 Å². The minimum absolute atomic E-state index is 0.0636. The highest BCUT2D eigenvalue weighted by Crippen LogP contribution is 2.28. The lowest BCUT2D eigenvalue weighted by atomic mass is 10.0. The Morgan fingerprint density at radius 1 is 0.812 bits per heavy atom. The number of ether oxygens (including phenoxy) is 1. The zero-order chi connectivity index (χ0) is 22.9. The van der Waals surface area contributed by atoms with Crippen LogP contribution in [0.25, 0.3) is 22.3 Å². The number of benzene rings is 3. The Morgan fingerprint density at radius 2 is 1.28 bits per heavy atom. The summed E-state index contributed by atoms with van der Waals surface area (Å²) in [6, 6.07) is 24.0. The summed E-state index contributed by atoms with van der Waals surface area (Å²) in [5.41, 5.74) is 4.88. The average Bonchev–Trinajstić information content (AvgIpc) is 2.82. The van der Waals surface area contributed by atoms with Gasteiger partial charge in [0.25, 0.3) is 0 Å². The van der Waals surface area contributed by atoms with Crippen molar-refractivity contribution in [2.24, 2.45) is 0 Å². The van der Waals surface area contributed by atoms with E-state index >= 15 is 0 Å². The third-order valence-corrected chi connectivity index (χ3v) is 6.11. The van der Waals surface area contributed by atoms with E-state index in [4.69, 9.17) is 4.74 Å².